The minimum absolute atomic E-state index is 0.0525. The first kappa shape index (κ1) is 16.1. The number of aromatic nitrogens is 1. The second kappa shape index (κ2) is 7.21. The SMILES string of the molecule is CCC(=O)NCc1cc2cc(C)c(OCc3ccccc3)cc2[nH]1. The molecule has 3 aromatic rings. The molecule has 0 atom stereocenters. The molecule has 4 heteroatoms. The number of benzene rings is 2. The molecule has 124 valence electrons. The number of hydrogen-bond acceptors (Lipinski definition) is 2. The summed E-state index contributed by atoms with van der Waals surface area (Å²) in [7, 11) is 0. The summed E-state index contributed by atoms with van der Waals surface area (Å²) in [5.74, 6) is 0.925. The van der Waals surface area contributed by atoms with Gasteiger partial charge < -0.3 is 15.0 Å². The van der Waals surface area contributed by atoms with Crippen LogP contribution in [0.25, 0.3) is 10.9 Å². The summed E-state index contributed by atoms with van der Waals surface area (Å²) >= 11 is 0. The Morgan fingerprint density at radius 3 is 2.71 bits per heavy atom. The molecular weight excluding hydrogens is 300 g/mol. The standard InChI is InChI=1S/C20H22N2O2/c1-3-20(23)21-12-17-10-16-9-14(2)19(11-18(16)22-17)24-13-15-7-5-4-6-8-15/h4-11,22H,3,12-13H2,1-2H3,(H,21,23). The summed E-state index contributed by atoms with van der Waals surface area (Å²) in [6.07, 6.45) is 0.497. The minimum atomic E-state index is 0.0525. The minimum Gasteiger partial charge on any atom is -0.489 e. The number of rotatable bonds is 6. The van der Waals surface area contributed by atoms with Gasteiger partial charge in [-0.2, -0.15) is 0 Å². The summed E-state index contributed by atoms with van der Waals surface area (Å²) in [6, 6.07) is 16.3. The zero-order chi connectivity index (χ0) is 16.9. The molecule has 0 spiro atoms. The van der Waals surface area contributed by atoms with Gasteiger partial charge in [-0.25, -0.2) is 0 Å². The highest BCUT2D eigenvalue weighted by Gasteiger charge is 2.07. The molecule has 0 unspecified atom stereocenters. The van der Waals surface area contributed by atoms with Crippen molar-refractivity contribution in [2.75, 3.05) is 0 Å². The summed E-state index contributed by atoms with van der Waals surface area (Å²) < 4.78 is 5.97. The van der Waals surface area contributed by atoms with Crippen LogP contribution in [0.5, 0.6) is 5.75 Å². The predicted octanol–water partition coefficient (Wildman–Crippen LogP) is 4.08. The van der Waals surface area contributed by atoms with Gasteiger partial charge in [0, 0.05) is 29.1 Å². The van der Waals surface area contributed by atoms with E-state index in [1.807, 2.05) is 38.1 Å². The van der Waals surface area contributed by atoms with Crippen LogP contribution < -0.4 is 10.1 Å². The van der Waals surface area contributed by atoms with Crippen molar-refractivity contribution in [3.05, 3.63) is 65.4 Å². The van der Waals surface area contributed by atoms with Gasteiger partial charge in [0.2, 0.25) is 5.91 Å². The lowest BCUT2D eigenvalue weighted by molar-refractivity contribution is -0.120. The molecule has 0 aliphatic heterocycles. The summed E-state index contributed by atoms with van der Waals surface area (Å²) in [5, 5.41) is 4.01. The van der Waals surface area contributed by atoms with Crippen molar-refractivity contribution < 1.29 is 9.53 Å². The number of aryl methyl sites for hydroxylation is 1. The number of fused-ring (bicyclic) bond motifs is 1. The van der Waals surface area contributed by atoms with E-state index >= 15 is 0 Å². The van der Waals surface area contributed by atoms with E-state index in [0.29, 0.717) is 19.6 Å². The Bertz CT molecular complexity index is 837. The lowest BCUT2D eigenvalue weighted by atomic mass is 10.1. The Labute approximate surface area is 141 Å². The number of carbonyl (C=O) groups excluding carboxylic acids is 1. The smallest absolute Gasteiger partial charge is 0.220 e. The molecule has 0 radical (unpaired) electrons. The number of H-pyrrole nitrogens is 1. The Morgan fingerprint density at radius 2 is 1.96 bits per heavy atom. The molecule has 1 aromatic heterocycles. The lowest BCUT2D eigenvalue weighted by Crippen LogP contribution is -2.21. The van der Waals surface area contributed by atoms with Crippen LogP contribution in [-0.4, -0.2) is 10.9 Å². The van der Waals surface area contributed by atoms with Gasteiger partial charge in [0.15, 0.2) is 0 Å². The molecular formula is C20H22N2O2. The van der Waals surface area contributed by atoms with Crippen LogP contribution >= 0.6 is 0 Å². The molecule has 3 rings (SSSR count). The second-order valence-electron chi connectivity index (χ2n) is 5.90. The van der Waals surface area contributed by atoms with Crippen molar-refractivity contribution in [1.29, 1.82) is 0 Å². The highest BCUT2D eigenvalue weighted by Crippen LogP contribution is 2.26. The van der Waals surface area contributed by atoms with E-state index in [4.69, 9.17) is 4.74 Å². The zero-order valence-electron chi connectivity index (χ0n) is 14.1. The highest BCUT2D eigenvalue weighted by atomic mass is 16.5. The fourth-order valence-corrected chi connectivity index (χ4v) is 2.64. The third kappa shape index (κ3) is 3.77. The largest absolute Gasteiger partial charge is 0.489 e. The first-order valence-electron chi connectivity index (χ1n) is 8.21. The van der Waals surface area contributed by atoms with Gasteiger partial charge in [-0.05, 0) is 30.2 Å². The van der Waals surface area contributed by atoms with Crippen LogP contribution in [0.3, 0.4) is 0 Å². The molecule has 0 aliphatic carbocycles. The van der Waals surface area contributed by atoms with Crippen molar-refractivity contribution in [3.8, 4) is 5.75 Å². The molecule has 0 aliphatic rings. The third-order valence-electron chi connectivity index (χ3n) is 4.01. The van der Waals surface area contributed by atoms with E-state index in [9.17, 15) is 4.79 Å². The van der Waals surface area contributed by atoms with Crippen LogP contribution in [0, 0.1) is 6.92 Å². The highest BCUT2D eigenvalue weighted by molar-refractivity contribution is 5.83. The number of hydrogen-bond donors (Lipinski definition) is 2. The van der Waals surface area contributed by atoms with Crippen LogP contribution in [-0.2, 0) is 17.9 Å². The second-order valence-corrected chi connectivity index (χ2v) is 5.90. The molecule has 0 saturated heterocycles. The average Bonchev–Trinajstić information content (AvgIpc) is 3.00. The van der Waals surface area contributed by atoms with Crippen molar-refractivity contribution in [2.45, 2.75) is 33.4 Å². The summed E-state index contributed by atoms with van der Waals surface area (Å²) in [4.78, 5) is 14.7. The number of ether oxygens (including phenoxy) is 1. The Balaban J connectivity index is 1.75. The monoisotopic (exact) mass is 322 g/mol. The van der Waals surface area contributed by atoms with Crippen LogP contribution in [0.15, 0.2) is 48.5 Å². The predicted molar refractivity (Wildman–Crippen MR) is 95.9 cm³/mol. The number of nitrogens with one attached hydrogen (secondary N) is 2. The van der Waals surface area contributed by atoms with E-state index in [-0.39, 0.29) is 5.91 Å². The van der Waals surface area contributed by atoms with Crippen LogP contribution in [0.1, 0.15) is 30.2 Å². The van der Waals surface area contributed by atoms with E-state index in [1.54, 1.807) is 0 Å². The number of carbonyl (C=O) groups is 1. The first-order valence-corrected chi connectivity index (χ1v) is 8.21. The Kier molecular flexibility index (Phi) is 4.85. The van der Waals surface area contributed by atoms with Gasteiger partial charge in [0.05, 0.1) is 6.54 Å². The van der Waals surface area contributed by atoms with E-state index in [2.05, 4.69) is 34.6 Å². The number of aromatic amines is 1. The molecule has 2 aromatic carbocycles. The van der Waals surface area contributed by atoms with E-state index < -0.39 is 0 Å². The van der Waals surface area contributed by atoms with Crippen molar-refractivity contribution in [3.63, 3.8) is 0 Å². The number of amides is 1. The van der Waals surface area contributed by atoms with Crippen molar-refractivity contribution >= 4 is 16.8 Å². The molecule has 2 N–H and O–H groups in total. The molecule has 4 nitrogen and oxygen atoms in total. The van der Waals surface area contributed by atoms with Gasteiger partial charge in [0.1, 0.15) is 12.4 Å². The molecule has 0 saturated carbocycles. The molecule has 0 fully saturated rings. The Hall–Kier alpha value is -2.75. The van der Waals surface area contributed by atoms with Gasteiger partial charge in [-0.1, -0.05) is 37.3 Å². The fourth-order valence-electron chi connectivity index (χ4n) is 2.64. The summed E-state index contributed by atoms with van der Waals surface area (Å²) in [5.41, 5.74) is 4.25. The third-order valence-corrected chi connectivity index (χ3v) is 4.01. The summed E-state index contributed by atoms with van der Waals surface area (Å²) in [6.45, 7) is 4.96. The molecule has 0 bridgehead atoms. The van der Waals surface area contributed by atoms with Gasteiger partial charge in [-0.3, -0.25) is 4.79 Å². The maximum Gasteiger partial charge on any atom is 0.220 e. The van der Waals surface area contributed by atoms with Crippen LogP contribution in [0.2, 0.25) is 0 Å². The molecule has 1 heterocycles. The average molecular weight is 322 g/mol. The molecule has 24 heavy (non-hydrogen) atoms. The van der Waals surface area contributed by atoms with Gasteiger partial charge in [-0.15, -0.1) is 0 Å². The van der Waals surface area contributed by atoms with Gasteiger partial charge >= 0.3 is 0 Å². The lowest BCUT2D eigenvalue weighted by Gasteiger charge is -2.09. The fraction of sp³-hybridized carbons (Fsp3) is 0.250. The topological polar surface area (TPSA) is 54.1 Å². The first-order chi connectivity index (χ1) is 11.7. The zero-order valence-corrected chi connectivity index (χ0v) is 14.1. The normalized spacial score (nSPS) is 10.8. The molecule has 1 amide bonds. The maximum absolute atomic E-state index is 11.4. The van der Waals surface area contributed by atoms with E-state index in [1.165, 1.54) is 0 Å². The van der Waals surface area contributed by atoms with E-state index in [0.717, 1.165) is 33.5 Å². The van der Waals surface area contributed by atoms with Gasteiger partial charge in [0.25, 0.3) is 0 Å². The van der Waals surface area contributed by atoms with Crippen LogP contribution in [0.4, 0.5) is 0 Å². The Morgan fingerprint density at radius 1 is 1.17 bits per heavy atom. The quantitative estimate of drug-likeness (QED) is 0.718. The van der Waals surface area contributed by atoms with Crippen molar-refractivity contribution in [1.82, 2.24) is 10.3 Å². The maximum atomic E-state index is 11.4. The van der Waals surface area contributed by atoms with Crippen molar-refractivity contribution in [2.24, 2.45) is 0 Å².